The van der Waals surface area contributed by atoms with Gasteiger partial charge in [-0.25, -0.2) is 4.39 Å². The molecule has 18 heavy (non-hydrogen) atoms. The Hall–Kier alpha value is -0.910. The molecule has 1 heterocycles. The summed E-state index contributed by atoms with van der Waals surface area (Å²) in [6.07, 6.45) is 0.676. The van der Waals surface area contributed by atoms with Crippen LogP contribution in [0.1, 0.15) is 10.4 Å². The molecule has 5 heteroatoms. The minimum absolute atomic E-state index is 0.278. The third-order valence-corrected chi connectivity index (χ3v) is 4.03. The molecule has 0 atom stereocenters. The van der Waals surface area contributed by atoms with Crippen LogP contribution in [0, 0.1) is 5.82 Å². The minimum Gasteiger partial charge on any atom is -0.485 e. The quantitative estimate of drug-likeness (QED) is 0.907. The Morgan fingerprint density at radius 3 is 2.72 bits per heavy atom. The lowest BCUT2D eigenvalue weighted by molar-refractivity contribution is 0.293. The van der Waals surface area contributed by atoms with Gasteiger partial charge in [0.25, 0.3) is 0 Å². The highest BCUT2D eigenvalue weighted by Gasteiger charge is 2.06. The molecule has 2 N–H and O–H groups in total. The molecule has 0 aliphatic rings. The average molecular weight is 330 g/mol. The highest BCUT2D eigenvalue weighted by Crippen LogP contribution is 2.25. The maximum absolute atomic E-state index is 13.7. The van der Waals surface area contributed by atoms with Gasteiger partial charge < -0.3 is 10.5 Å². The molecule has 0 saturated heterocycles. The summed E-state index contributed by atoms with van der Waals surface area (Å²) < 4.78 is 20.2. The number of hydrogen-bond donors (Lipinski definition) is 1. The number of thiophene rings is 1. The molecule has 2 aromatic rings. The maximum Gasteiger partial charge on any atom is 0.165 e. The van der Waals surface area contributed by atoms with Crippen molar-refractivity contribution in [2.45, 2.75) is 13.0 Å². The van der Waals surface area contributed by atoms with Gasteiger partial charge in [-0.1, -0.05) is 6.07 Å². The highest BCUT2D eigenvalue weighted by molar-refractivity contribution is 9.11. The lowest BCUT2D eigenvalue weighted by atomic mass is 10.1. The van der Waals surface area contributed by atoms with E-state index >= 15 is 0 Å². The first kappa shape index (κ1) is 13.5. The molecule has 96 valence electrons. The summed E-state index contributed by atoms with van der Waals surface area (Å²) >= 11 is 4.95. The van der Waals surface area contributed by atoms with Gasteiger partial charge in [0.05, 0.1) is 3.79 Å². The summed E-state index contributed by atoms with van der Waals surface area (Å²) in [5.74, 6) is -0.0585. The minimum atomic E-state index is -0.337. The third kappa shape index (κ3) is 3.54. The van der Waals surface area contributed by atoms with Crippen LogP contribution in [0.4, 0.5) is 4.39 Å². The molecule has 0 fully saturated rings. The van der Waals surface area contributed by atoms with Gasteiger partial charge in [-0.15, -0.1) is 11.3 Å². The monoisotopic (exact) mass is 329 g/mol. The number of halogens is 2. The molecular formula is C13H13BrFNOS. The van der Waals surface area contributed by atoms with E-state index in [0.717, 1.165) is 14.2 Å². The smallest absolute Gasteiger partial charge is 0.165 e. The van der Waals surface area contributed by atoms with Crippen LogP contribution in [0.15, 0.2) is 34.1 Å². The fourth-order valence-electron chi connectivity index (χ4n) is 1.56. The first-order chi connectivity index (χ1) is 8.69. The SMILES string of the molecule is NCCc1ccc(OCc2ccc(Br)s2)c(F)c1. The van der Waals surface area contributed by atoms with Gasteiger partial charge in [0.2, 0.25) is 0 Å². The molecular weight excluding hydrogens is 317 g/mol. The number of rotatable bonds is 5. The first-order valence-corrected chi connectivity index (χ1v) is 7.15. The van der Waals surface area contributed by atoms with Crippen LogP contribution in [-0.2, 0) is 13.0 Å². The summed E-state index contributed by atoms with van der Waals surface area (Å²) in [5.41, 5.74) is 6.32. The van der Waals surface area contributed by atoms with Crippen LogP contribution >= 0.6 is 27.3 Å². The second-order valence-electron chi connectivity index (χ2n) is 3.80. The topological polar surface area (TPSA) is 35.2 Å². The van der Waals surface area contributed by atoms with E-state index in [9.17, 15) is 4.39 Å². The van der Waals surface area contributed by atoms with Crippen molar-refractivity contribution in [3.05, 3.63) is 50.4 Å². The van der Waals surface area contributed by atoms with E-state index in [4.69, 9.17) is 10.5 Å². The zero-order chi connectivity index (χ0) is 13.0. The Balaban J connectivity index is 2.01. The molecule has 0 aliphatic heterocycles. The maximum atomic E-state index is 13.7. The lowest BCUT2D eigenvalue weighted by Gasteiger charge is -2.07. The van der Waals surface area contributed by atoms with Crippen LogP contribution < -0.4 is 10.5 Å². The second-order valence-corrected chi connectivity index (χ2v) is 6.35. The molecule has 0 aliphatic carbocycles. The van der Waals surface area contributed by atoms with Crippen LogP contribution in [0.2, 0.25) is 0 Å². The lowest BCUT2D eigenvalue weighted by Crippen LogP contribution is -2.03. The van der Waals surface area contributed by atoms with Crippen molar-refractivity contribution in [2.75, 3.05) is 6.54 Å². The van der Waals surface area contributed by atoms with Gasteiger partial charge in [0, 0.05) is 4.88 Å². The van der Waals surface area contributed by atoms with Gasteiger partial charge in [0.1, 0.15) is 6.61 Å². The van der Waals surface area contributed by atoms with Crippen molar-refractivity contribution in [1.29, 1.82) is 0 Å². The van der Waals surface area contributed by atoms with E-state index < -0.39 is 0 Å². The molecule has 0 spiro atoms. The van der Waals surface area contributed by atoms with Crippen molar-refractivity contribution in [1.82, 2.24) is 0 Å². The third-order valence-electron chi connectivity index (χ3n) is 2.43. The highest BCUT2D eigenvalue weighted by atomic mass is 79.9. The molecule has 0 unspecified atom stereocenters. The average Bonchev–Trinajstić information content (AvgIpc) is 2.74. The fourth-order valence-corrected chi connectivity index (χ4v) is 2.96. The second kappa shape index (κ2) is 6.31. The molecule has 0 saturated carbocycles. The number of ether oxygens (including phenoxy) is 1. The largest absolute Gasteiger partial charge is 0.485 e. The van der Waals surface area contributed by atoms with E-state index in [-0.39, 0.29) is 11.6 Å². The van der Waals surface area contributed by atoms with Crippen molar-refractivity contribution in [2.24, 2.45) is 5.73 Å². The van der Waals surface area contributed by atoms with Crippen molar-refractivity contribution in [3.8, 4) is 5.75 Å². The van der Waals surface area contributed by atoms with Crippen LogP contribution in [0.5, 0.6) is 5.75 Å². The fraction of sp³-hybridized carbons (Fsp3) is 0.231. The summed E-state index contributed by atoms with van der Waals surface area (Å²) in [5, 5.41) is 0. The van der Waals surface area contributed by atoms with Crippen LogP contribution in [0.3, 0.4) is 0 Å². The Bertz CT molecular complexity index is 529. The Morgan fingerprint density at radius 1 is 1.28 bits per heavy atom. The van der Waals surface area contributed by atoms with Gasteiger partial charge in [-0.05, 0) is 58.7 Å². The van der Waals surface area contributed by atoms with Crippen molar-refractivity contribution >= 4 is 27.3 Å². The van der Waals surface area contributed by atoms with E-state index in [1.165, 1.54) is 6.07 Å². The summed E-state index contributed by atoms with van der Waals surface area (Å²) in [7, 11) is 0. The summed E-state index contributed by atoms with van der Waals surface area (Å²) in [6.45, 7) is 0.895. The Morgan fingerprint density at radius 2 is 2.11 bits per heavy atom. The normalized spacial score (nSPS) is 10.6. The van der Waals surface area contributed by atoms with Crippen molar-refractivity contribution < 1.29 is 9.13 Å². The number of hydrogen-bond acceptors (Lipinski definition) is 3. The number of benzene rings is 1. The predicted octanol–water partition coefficient (Wildman–Crippen LogP) is 3.73. The van der Waals surface area contributed by atoms with Crippen LogP contribution in [0.25, 0.3) is 0 Å². The first-order valence-electron chi connectivity index (χ1n) is 5.54. The molecule has 0 radical (unpaired) electrons. The van der Waals surface area contributed by atoms with Crippen LogP contribution in [-0.4, -0.2) is 6.54 Å². The van der Waals surface area contributed by atoms with E-state index in [1.54, 1.807) is 17.4 Å². The molecule has 2 nitrogen and oxygen atoms in total. The Kier molecular flexibility index (Phi) is 4.74. The molecule has 2 rings (SSSR count). The van der Waals surface area contributed by atoms with E-state index in [1.807, 2.05) is 18.2 Å². The van der Waals surface area contributed by atoms with Gasteiger partial charge >= 0.3 is 0 Å². The van der Waals surface area contributed by atoms with E-state index in [0.29, 0.717) is 19.6 Å². The summed E-state index contributed by atoms with van der Waals surface area (Å²) in [6, 6.07) is 8.88. The predicted molar refractivity (Wildman–Crippen MR) is 75.5 cm³/mol. The van der Waals surface area contributed by atoms with Gasteiger partial charge in [0.15, 0.2) is 11.6 Å². The molecule has 0 bridgehead atoms. The summed E-state index contributed by atoms with van der Waals surface area (Å²) in [4.78, 5) is 1.05. The Labute approximate surface area is 118 Å². The zero-order valence-corrected chi connectivity index (χ0v) is 12.1. The zero-order valence-electron chi connectivity index (χ0n) is 9.66. The van der Waals surface area contributed by atoms with E-state index in [2.05, 4.69) is 15.9 Å². The van der Waals surface area contributed by atoms with Gasteiger partial charge in [-0.3, -0.25) is 0 Å². The standard InChI is InChI=1S/C13H13BrFNOS/c14-13-4-2-10(18-13)8-17-12-3-1-9(5-6-16)7-11(12)15/h1-4,7H,5-6,8,16H2. The van der Waals surface area contributed by atoms with Gasteiger partial charge in [-0.2, -0.15) is 0 Å². The molecule has 1 aromatic carbocycles. The molecule has 1 aromatic heterocycles. The molecule has 0 amide bonds. The number of nitrogens with two attached hydrogens (primary N) is 1. The van der Waals surface area contributed by atoms with Crippen molar-refractivity contribution in [3.63, 3.8) is 0 Å².